The van der Waals surface area contributed by atoms with Crippen LogP contribution in [-0.2, 0) is 0 Å². The number of nitrogens with one attached hydrogen (secondary N) is 1. The van der Waals surface area contributed by atoms with Crippen LogP contribution >= 0.6 is 0 Å². The Morgan fingerprint density at radius 3 is 3.00 bits per heavy atom. The van der Waals surface area contributed by atoms with Crippen molar-refractivity contribution in [3.8, 4) is 11.1 Å². The van der Waals surface area contributed by atoms with Gasteiger partial charge in [0.1, 0.15) is 0 Å². The van der Waals surface area contributed by atoms with Crippen LogP contribution in [-0.4, -0.2) is 22.9 Å². The fourth-order valence-corrected chi connectivity index (χ4v) is 2.63. The molecule has 1 atom stereocenters. The van der Waals surface area contributed by atoms with E-state index in [2.05, 4.69) is 52.5 Å². The van der Waals surface area contributed by atoms with Gasteiger partial charge >= 0.3 is 0 Å². The lowest BCUT2D eigenvalue weighted by Crippen LogP contribution is -2.31. The summed E-state index contributed by atoms with van der Waals surface area (Å²) in [5, 5.41) is 7.97. The minimum Gasteiger partial charge on any atom is -0.315 e. The molecule has 1 unspecified atom stereocenters. The van der Waals surface area contributed by atoms with E-state index in [-0.39, 0.29) is 0 Å². The van der Waals surface area contributed by atoms with E-state index in [1.807, 2.05) is 6.20 Å². The quantitative estimate of drug-likeness (QED) is 0.876. The van der Waals surface area contributed by atoms with Gasteiger partial charge in [-0.1, -0.05) is 24.3 Å². The van der Waals surface area contributed by atoms with Gasteiger partial charge in [0.25, 0.3) is 0 Å². The standard InChI is InChI=1S/C15H19N3/c1-12-5-2-3-7-15(12)13-9-17-18(11-13)14-6-4-8-16-10-14/h2-3,5,7,9,11,14,16H,4,6,8,10H2,1H3. The summed E-state index contributed by atoms with van der Waals surface area (Å²) in [6.07, 6.45) is 6.63. The molecule has 3 rings (SSSR count). The topological polar surface area (TPSA) is 29.9 Å². The lowest BCUT2D eigenvalue weighted by atomic mass is 10.0. The molecule has 3 nitrogen and oxygen atoms in total. The second-order valence-electron chi connectivity index (χ2n) is 5.02. The van der Waals surface area contributed by atoms with Crippen LogP contribution < -0.4 is 5.32 Å². The van der Waals surface area contributed by atoms with Crippen molar-refractivity contribution in [2.24, 2.45) is 0 Å². The van der Waals surface area contributed by atoms with E-state index in [4.69, 9.17) is 0 Å². The van der Waals surface area contributed by atoms with Crippen LogP contribution in [0.15, 0.2) is 36.7 Å². The molecule has 2 heterocycles. The molecule has 0 aliphatic carbocycles. The smallest absolute Gasteiger partial charge is 0.0644 e. The van der Waals surface area contributed by atoms with Gasteiger partial charge in [-0.2, -0.15) is 5.10 Å². The van der Waals surface area contributed by atoms with Crippen LogP contribution in [0.4, 0.5) is 0 Å². The molecule has 0 saturated carbocycles. The highest BCUT2D eigenvalue weighted by atomic mass is 15.3. The lowest BCUT2D eigenvalue weighted by Gasteiger charge is -2.22. The first-order valence-electron chi connectivity index (χ1n) is 6.65. The fraction of sp³-hybridized carbons (Fsp3) is 0.400. The van der Waals surface area contributed by atoms with Crippen LogP contribution in [0.2, 0.25) is 0 Å². The summed E-state index contributed by atoms with van der Waals surface area (Å²) >= 11 is 0. The predicted octanol–water partition coefficient (Wildman–Crippen LogP) is 2.78. The van der Waals surface area contributed by atoms with Crippen LogP contribution in [0.5, 0.6) is 0 Å². The maximum atomic E-state index is 4.53. The minimum atomic E-state index is 0.511. The van der Waals surface area contributed by atoms with Gasteiger partial charge in [0, 0.05) is 18.3 Å². The number of piperidine rings is 1. The van der Waals surface area contributed by atoms with E-state index in [9.17, 15) is 0 Å². The van der Waals surface area contributed by atoms with E-state index in [1.54, 1.807) is 0 Å². The van der Waals surface area contributed by atoms with Crippen LogP contribution in [0.25, 0.3) is 11.1 Å². The van der Waals surface area contributed by atoms with E-state index in [0.29, 0.717) is 6.04 Å². The van der Waals surface area contributed by atoms with Gasteiger partial charge in [0.2, 0.25) is 0 Å². The summed E-state index contributed by atoms with van der Waals surface area (Å²) in [4.78, 5) is 0. The molecule has 1 N–H and O–H groups in total. The maximum Gasteiger partial charge on any atom is 0.0644 e. The Morgan fingerprint density at radius 2 is 2.22 bits per heavy atom. The third kappa shape index (κ3) is 2.18. The summed E-state index contributed by atoms with van der Waals surface area (Å²) in [7, 11) is 0. The van der Waals surface area contributed by atoms with Crippen molar-refractivity contribution in [3.05, 3.63) is 42.2 Å². The minimum absolute atomic E-state index is 0.511. The molecule has 3 heteroatoms. The average molecular weight is 241 g/mol. The van der Waals surface area contributed by atoms with Crippen LogP contribution in [0.1, 0.15) is 24.4 Å². The molecule has 0 spiro atoms. The highest BCUT2D eigenvalue weighted by molar-refractivity contribution is 5.65. The van der Waals surface area contributed by atoms with E-state index in [0.717, 1.165) is 13.1 Å². The van der Waals surface area contributed by atoms with Gasteiger partial charge in [-0.05, 0) is 37.4 Å². The van der Waals surface area contributed by atoms with Crippen LogP contribution in [0.3, 0.4) is 0 Å². The van der Waals surface area contributed by atoms with Crippen molar-refractivity contribution in [1.82, 2.24) is 15.1 Å². The van der Waals surface area contributed by atoms with Crippen molar-refractivity contribution in [2.45, 2.75) is 25.8 Å². The predicted molar refractivity (Wildman–Crippen MR) is 73.5 cm³/mol. The Kier molecular flexibility index (Phi) is 3.15. The van der Waals surface area contributed by atoms with Gasteiger partial charge in [-0.3, -0.25) is 4.68 Å². The number of benzene rings is 1. The van der Waals surface area contributed by atoms with Crippen molar-refractivity contribution in [2.75, 3.05) is 13.1 Å². The Bertz CT molecular complexity index is 524. The first kappa shape index (κ1) is 11.5. The molecule has 18 heavy (non-hydrogen) atoms. The molecule has 1 saturated heterocycles. The molecule has 94 valence electrons. The van der Waals surface area contributed by atoms with Crippen molar-refractivity contribution in [3.63, 3.8) is 0 Å². The fourth-order valence-electron chi connectivity index (χ4n) is 2.63. The monoisotopic (exact) mass is 241 g/mol. The molecule has 0 radical (unpaired) electrons. The highest BCUT2D eigenvalue weighted by Crippen LogP contribution is 2.24. The highest BCUT2D eigenvalue weighted by Gasteiger charge is 2.16. The Labute approximate surface area is 108 Å². The number of rotatable bonds is 2. The molecule has 1 aromatic heterocycles. The van der Waals surface area contributed by atoms with Crippen molar-refractivity contribution < 1.29 is 0 Å². The number of hydrogen-bond acceptors (Lipinski definition) is 2. The largest absolute Gasteiger partial charge is 0.315 e. The third-order valence-electron chi connectivity index (χ3n) is 3.70. The summed E-state index contributed by atoms with van der Waals surface area (Å²) < 4.78 is 2.12. The maximum absolute atomic E-state index is 4.53. The zero-order valence-electron chi connectivity index (χ0n) is 10.8. The number of hydrogen-bond donors (Lipinski definition) is 1. The number of aryl methyl sites for hydroxylation is 1. The SMILES string of the molecule is Cc1ccccc1-c1cnn(C2CCCNC2)c1. The van der Waals surface area contributed by atoms with E-state index < -0.39 is 0 Å². The zero-order chi connectivity index (χ0) is 12.4. The average Bonchev–Trinajstić information content (AvgIpc) is 2.90. The number of nitrogens with zero attached hydrogens (tertiary/aromatic N) is 2. The molecule has 1 aliphatic rings. The van der Waals surface area contributed by atoms with E-state index >= 15 is 0 Å². The summed E-state index contributed by atoms with van der Waals surface area (Å²) in [6, 6.07) is 8.98. The Hall–Kier alpha value is -1.61. The second kappa shape index (κ2) is 4.94. The molecular formula is C15H19N3. The van der Waals surface area contributed by atoms with E-state index in [1.165, 1.54) is 29.5 Å². The molecule has 0 amide bonds. The van der Waals surface area contributed by atoms with Crippen molar-refractivity contribution in [1.29, 1.82) is 0 Å². The van der Waals surface area contributed by atoms with Gasteiger partial charge in [0.05, 0.1) is 12.2 Å². The molecule has 1 aliphatic heterocycles. The van der Waals surface area contributed by atoms with Gasteiger partial charge in [0.15, 0.2) is 0 Å². The van der Waals surface area contributed by atoms with Gasteiger partial charge < -0.3 is 5.32 Å². The van der Waals surface area contributed by atoms with Gasteiger partial charge in [-0.15, -0.1) is 0 Å². The summed E-state index contributed by atoms with van der Waals surface area (Å²) in [5.41, 5.74) is 3.81. The van der Waals surface area contributed by atoms with Gasteiger partial charge in [-0.25, -0.2) is 0 Å². The second-order valence-corrected chi connectivity index (χ2v) is 5.02. The normalized spacial score (nSPS) is 19.9. The number of aromatic nitrogens is 2. The summed E-state index contributed by atoms with van der Waals surface area (Å²) in [5.74, 6) is 0. The molecule has 0 bridgehead atoms. The Morgan fingerprint density at radius 1 is 1.33 bits per heavy atom. The first-order chi connectivity index (χ1) is 8.84. The molecule has 1 aromatic carbocycles. The zero-order valence-corrected chi connectivity index (χ0v) is 10.8. The van der Waals surface area contributed by atoms with Crippen LogP contribution in [0, 0.1) is 6.92 Å². The lowest BCUT2D eigenvalue weighted by molar-refractivity contribution is 0.347. The first-order valence-corrected chi connectivity index (χ1v) is 6.65. The molecular weight excluding hydrogens is 222 g/mol. The molecule has 1 fully saturated rings. The Balaban J connectivity index is 1.87. The summed E-state index contributed by atoms with van der Waals surface area (Å²) in [6.45, 7) is 4.33. The van der Waals surface area contributed by atoms with Crippen molar-refractivity contribution >= 4 is 0 Å². The molecule has 2 aromatic rings. The third-order valence-corrected chi connectivity index (χ3v) is 3.70.